The first-order valence-corrected chi connectivity index (χ1v) is 9.31. The van der Waals surface area contributed by atoms with Crippen LogP contribution >= 0.6 is 0 Å². The summed E-state index contributed by atoms with van der Waals surface area (Å²) in [6.45, 7) is 10.6. The Balaban J connectivity index is 2.10. The molecule has 1 aliphatic rings. The predicted octanol–water partition coefficient (Wildman–Crippen LogP) is 4.67. The van der Waals surface area contributed by atoms with Gasteiger partial charge in [0.1, 0.15) is 17.0 Å². The van der Waals surface area contributed by atoms with E-state index in [4.69, 9.17) is 14.2 Å². The molecule has 0 saturated carbocycles. The van der Waals surface area contributed by atoms with Gasteiger partial charge < -0.3 is 14.2 Å². The van der Waals surface area contributed by atoms with Crippen molar-refractivity contribution < 1.29 is 23.8 Å². The topological polar surface area (TPSA) is 61.8 Å². The zero-order valence-corrected chi connectivity index (χ0v) is 17.2. The summed E-state index contributed by atoms with van der Waals surface area (Å²) in [5.41, 5.74) is -0.523. The summed E-state index contributed by atoms with van der Waals surface area (Å²) < 4.78 is 16.9. The molecule has 0 saturated heterocycles. The molecule has 0 radical (unpaired) electrons. The summed E-state index contributed by atoms with van der Waals surface area (Å²) in [6.07, 6.45) is 0.506. The van der Waals surface area contributed by atoms with Gasteiger partial charge in [-0.15, -0.1) is 0 Å². The van der Waals surface area contributed by atoms with Gasteiger partial charge in [-0.25, -0.2) is 9.59 Å². The normalized spacial score (nSPS) is 16.6. The van der Waals surface area contributed by atoms with Crippen LogP contribution in [0.25, 0.3) is 16.8 Å². The highest BCUT2D eigenvalue weighted by atomic mass is 16.6. The van der Waals surface area contributed by atoms with Crippen molar-refractivity contribution in [1.82, 2.24) is 0 Å². The van der Waals surface area contributed by atoms with Gasteiger partial charge in [0.15, 0.2) is 0 Å². The molecule has 0 spiro atoms. The zero-order valence-electron chi connectivity index (χ0n) is 17.2. The van der Waals surface area contributed by atoms with Crippen molar-refractivity contribution in [2.75, 3.05) is 0 Å². The van der Waals surface area contributed by atoms with Crippen molar-refractivity contribution in [1.29, 1.82) is 0 Å². The maximum Gasteiger partial charge on any atom is 0.352 e. The van der Waals surface area contributed by atoms with E-state index in [2.05, 4.69) is 0 Å². The summed E-state index contributed by atoms with van der Waals surface area (Å²) in [7, 11) is 0. The third kappa shape index (κ3) is 4.35. The molecule has 3 rings (SSSR count). The van der Waals surface area contributed by atoms with Gasteiger partial charge in [-0.05, 0) is 64.5 Å². The highest BCUT2D eigenvalue weighted by molar-refractivity contribution is 6.06. The maximum absolute atomic E-state index is 12.9. The molecule has 0 aromatic heterocycles. The van der Waals surface area contributed by atoms with Gasteiger partial charge in [0.25, 0.3) is 0 Å². The molecular weight excluding hydrogens is 356 g/mol. The molecule has 0 aliphatic carbocycles. The van der Waals surface area contributed by atoms with Crippen LogP contribution in [0.15, 0.2) is 42.0 Å². The minimum atomic E-state index is -1.18. The largest absolute Gasteiger partial charge is 0.473 e. The minimum absolute atomic E-state index is 0.132. The Labute approximate surface area is 165 Å². The zero-order chi connectivity index (χ0) is 20.7. The smallest absolute Gasteiger partial charge is 0.352 e. The number of fused-ring (bicyclic) bond motifs is 3. The lowest BCUT2D eigenvalue weighted by molar-refractivity contribution is -0.165. The first-order chi connectivity index (χ1) is 12.9. The first kappa shape index (κ1) is 19.9. The van der Waals surface area contributed by atoms with Gasteiger partial charge in [-0.3, -0.25) is 0 Å². The van der Waals surface area contributed by atoms with Gasteiger partial charge >= 0.3 is 11.9 Å². The van der Waals surface area contributed by atoms with E-state index in [1.54, 1.807) is 53.7 Å². The molecule has 1 unspecified atom stereocenters. The summed E-state index contributed by atoms with van der Waals surface area (Å²) in [5.74, 6) is -0.688. The molecule has 0 fully saturated rings. The molecule has 1 atom stereocenters. The number of ether oxygens (including phenoxy) is 3. The van der Waals surface area contributed by atoms with Gasteiger partial charge in [0.2, 0.25) is 6.10 Å². The van der Waals surface area contributed by atoms with Crippen LogP contribution in [0.5, 0.6) is 5.75 Å². The number of carbonyl (C=O) groups excluding carboxylic acids is 2. The van der Waals surface area contributed by atoms with Crippen molar-refractivity contribution in [3.63, 3.8) is 0 Å². The SMILES string of the molecule is CC(C)(C)OC(=O)C1=Cc2c(ccc3ccccc23)OC1C(=O)OC(C)(C)C. The van der Waals surface area contributed by atoms with Crippen molar-refractivity contribution in [3.8, 4) is 5.75 Å². The monoisotopic (exact) mass is 382 g/mol. The average Bonchev–Trinajstić information content (AvgIpc) is 2.57. The number of rotatable bonds is 2. The molecule has 0 amide bonds. The molecular formula is C23H26O5. The third-order valence-corrected chi connectivity index (χ3v) is 4.01. The van der Waals surface area contributed by atoms with E-state index in [0.717, 1.165) is 16.3 Å². The number of hydrogen-bond donors (Lipinski definition) is 0. The molecule has 1 heterocycles. The van der Waals surface area contributed by atoms with Crippen molar-refractivity contribution in [3.05, 3.63) is 47.5 Å². The fourth-order valence-electron chi connectivity index (χ4n) is 2.98. The van der Waals surface area contributed by atoms with Crippen molar-refractivity contribution in [2.45, 2.75) is 58.8 Å². The van der Waals surface area contributed by atoms with Gasteiger partial charge in [-0.2, -0.15) is 0 Å². The Bertz CT molecular complexity index is 957. The van der Waals surface area contributed by atoms with Gasteiger partial charge in [-0.1, -0.05) is 30.3 Å². The van der Waals surface area contributed by atoms with Crippen LogP contribution in [-0.4, -0.2) is 29.2 Å². The molecule has 5 nitrogen and oxygen atoms in total. The minimum Gasteiger partial charge on any atom is -0.473 e. The molecule has 2 aromatic rings. The standard InChI is InChI=1S/C23H26O5/c1-22(2,3)27-20(24)17-13-16-15-10-8-7-9-14(15)11-12-18(16)26-19(17)21(25)28-23(4,5)6/h7-13,19H,1-6H3. The second kappa shape index (κ2) is 6.97. The second-order valence-electron chi connectivity index (χ2n) is 8.83. The second-order valence-corrected chi connectivity index (χ2v) is 8.83. The molecule has 2 aromatic carbocycles. The van der Waals surface area contributed by atoms with E-state index in [0.29, 0.717) is 5.75 Å². The number of hydrogen-bond acceptors (Lipinski definition) is 5. The third-order valence-electron chi connectivity index (χ3n) is 4.01. The van der Waals surface area contributed by atoms with E-state index in [1.165, 1.54) is 0 Å². The van der Waals surface area contributed by atoms with Crippen LogP contribution in [0.3, 0.4) is 0 Å². The Morgan fingerprint density at radius 2 is 1.54 bits per heavy atom. The Kier molecular flexibility index (Phi) is 4.96. The van der Waals surface area contributed by atoms with Crippen LogP contribution in [0, 0.1) is 0 Å². The van der Waals surface area contributed by atoms with E-state index >= 15 is 0 Å². The van der Waals surface area contributed by atoms with Crippen LogP contribution < -0.4 is 4.74 Å². The van der Waals surface area contributed by atoms with Crippen LogP contribution in [0.2, 0.25) is 0 Å². The van der Waals surface area contributed by atoms with Crippen molar-refractivity contribution in [2.24, 2.45) is 0 Å². The molecule has 1 aliphatic heterocycles. The average molecular weight is 382 g/mol. The Hall–Kier alpha value is -2.82. The molecule has 28 heavy (non-hydrogen) atoms. The number of carbonyl (C=O) groups is 2. The summed E-state index contributed by atoms with van der Waals surface area (Å²) >= 11 is 0. The lowest BCUT2D eigenvalue weighted by Crippen LogP contribution is -2.41. The lowest BCUT2D eigenvalue weighted by atomic mass is 9.96. The number of benzene rings is 2. The van der Waals surface area contributed by atoms with Gasteiger partial charge in [0, 0.05) is 5.56 Å². The molecule has 0 bridgehead atoms. The first-order valence-electron chi connectivity index (χ1n) is 9.31. The number of esters is 2. The fraction of sp³-hybridized carbons (Fsp3) is 0.391. The highest BCUT2D eigenvalue weighted by Gasteiger charge is 2.39. The lowest BCUT2D eigenvalue weighted by Gasteiger charge is -2.30. The fourth-order valence-corrected chi connectivity index (χ4v) is 2.98. The van der Waals surface area contributed by atoms with Crippen molar-refractivity contribution >= 4 is 28.8 Å². The van der Waals surface area contributed by atoms with Crippen LogP contribution in [0.4, 0.5) is 0 Å². The van der Waals surface area contributed by atoms with Crippen LogP contribution in [-0.2, 0) is 19.1 Å². The van der Waals surface area contributed by atoms with Gasteiger partial charge in [0.05, 0.1) is 5.57 Å². The van der Waals surface area contributed by atoms with E-state index in [-0.39, 0.29) is 5.57 Å². The quantitative estimate of drug-likeness (QED) is 0.707. The Morgan fingerprint density at radius 1 is 0.893 bits per heavy atom. The predicted molar refractivity (Wildman–Crippen MR) is 108 cm³/mol. The molecule has 148 valence electrons. The molecule has 0 N–H and O–H groups in total. The summed E-state index contributed by atoms with van der Waals surface area (Å²) in [6, 6.07) is 11.5. The van der Waals surface area contributed by atoms with E-state index in [1.807, 2.05) is 30.3 Å². The Morgan fingerprint density at radius 3 is 2.18 bits per heavy atom. The van der Waals surface area contributed by atoms with Crippen LogP contribution in [0.1, 0.15) is 47.1 Å². The molecule has 5 heteroatoms. The summed E-state index contributed by atoms with van der Waals surface area (Å²) in [4.78, 5) is 25.6. The van der Waals surface area contributed by atoms with E-state index < -0.39 is 29.2 Å². The summed E-state index contributed by atoms with van der Waals surface area (Å²) in [5, 5.41) is 1.95. The van der Waals surface area contributed by atoms with E-state index in [9.17, 15) is 9.59 Å². The highest BCUT2D eigenvalue weighted by Crippen LogP contribution is 2.36. The maximum atomic E-state index is 12.9.